The minimum atomic E-state index is -0.754. The van der Waals surface area contributed by atoms with Crippen molar-refractivity contribution < 1.29 is 19.4 Å². The van der Waals surface area contributed by atoms with Gasteiger partial charge in [0.25, 0.3) is 0 Å². The number of carbonyl (C=O) groups is 2. The van der Waals surface area contributed by atoms with Gasteiger partial charge in [0.1, 0.15) is 6.10 Å². The van der Waals surface area contributed by atoms with Crippen LogP contribution in [0.15, 0.2) is 72.9 Å². The molecule has 1 unspecified atom stereocenters. The summed E-state index contributed by atoms with van der Waals surface area (Å²) in [5.74, 6) is -0.874. The van der Waals surface area contributed by atoms with Crippen molar-refractivity contribution in [3.8, 4) is 0 Å². The zero-order valence-corrected chi connectivity index (χ0v) is 28.4. The van der Waals surface area contributed by atoms with Gasteiger partial charge in [-0.3, -0.25) is 9.59 Å². The first-order valence-corrected chi connectivity index (χ1v) is 17.9. The molecule has 1 atom stereocenters. The molecule has 4 nitrogen and oxygen atoms in total. The summed E-state index contributed by atoms with van der Waals surface area (Å²) in [7, 11) is 0. The maximum Gasteiger partial charge on any atom is 0.306 e. The molecule has 0 amide bonds. The van der Waals surface area contributed by atoms with Crippen molar-refractivity contribution in [1.29, 1.82) is 0 Å². The Morgan fingerprint density at radius 2 is 1.02 bits per heavy atom. The number of esters is 1. The number of carboxylic acids is 1. The van der Waals surface area contributed by atoms with Crippen molar-refractivity contribution in [3.05, 3.63) is 72.9 Å². The van der Waals surface area contributed by atoms with E-state index in [2.05, 4.69) is 80.7 Å². The molecular weight excluding hydrogens is 544 g/mol. The molecule has 0 aliphatic heterocycles. The Kier molecular flexibility index (Phi) is 32.8. The summed E-state index contributed by atoms with van der Waals surface area (Å²) < 4.78 is 5.80. The standard InChI is InChI=1S/C40H66O4/c1-3-5-7-9-11-13-15-16-17-18-19-20-22-24-26-28-33-37-40(43)44-38(35-31-29-32-36-39(41)42)34-30-27-25-23-21-14-12-10-8-6-4-2/h6,8,11-14,16-17,23,25,30,34,38H,3-5,7,9-10,15,18-22,24,26-29,31-33,35-37H2,1-2H3,(H,41,42)/b8-6-,13-11-,14-12-,17-16-,25-23-,34-30-. The highest BCUT2D eigenvalue weighted by Crippen LogP contribution is 2.14. The van der Waals surface area contributed by atoms with E-state index in [9.17, 15) is 9.59 Å². The Balaban J connectivity index is 4.11. The predicted octanol–water partition coefficient (Wildman–Crippen LogP) is 12.3. The van der Waals surface area contributed by atoms with Crippen molar-refractivity contribution in [2.75, 3.05) is 0 Å². The molecule has 0 aromatic rings. The fraction of sp³-hybridized carbons (Fsp3) is 0.650. The van der Waals surface area contributed by atoms with Gasteiger partial charge >= 0.3 is 11.9 Å². The van der Waals surface area contributed by atoms with Crippen LogP contribution in [0, 0.1) is 0 Å². The van der Waals surface area contributed by atoms with Crippen LogP contribution in [0.2, 0.25) is 0 Å². The first-order chi connectivity index (χ1) is 21.6. The lowest BCUT2D eigenvalue weighted by molar-refractivity contribution is -0.147. The number of hydrogen-bond acceptors (Lipinski definition) is 3. The molecule has 0 aromatic carbocycles. The maximum absolute atomic E-state index is 12.5. The van der Waals surface area contributed by atoms with Gasteiger partial charge < -0.3 is 9.84 Å². The Morgan fingerprint density at radius 1 is 0.545 bits per heavy atom. The number of carboxylic acid groups (broad SMARTS) is 1. The van der Waals surface area contributed by atoms with E-state index in [0.717, 1.165) is 64.2 Å². The first kappa shape index (κ1) is 41.4. The van der Waals surface area contributed by atoms with E-state index in [4.69, 9.17) is 9.84 Å². The minimum Gasteiger partial charge on any atom is -0.481 e. The van der Waals surface area contributed by atoms with Crippen LogP contribution >= 0.6 is 0 Å². The van der Waals surface area contributed by atoms with Gasteiger partial charge in [-0.15, -0.1) is 0 Å². The average molecular weight is 611 g/mol. The third-order valence-corrected chi connectivity index (χ3v) is 7.40. The quantitative estimate of drug-likeness (QED) is 0.0482. The lowest BCUT2D eigenvalue weighted by Gasteiger charge is -2.14. The highest BCUT2D eigenvalue weighted by Gasteiger charge is 2.11. The topological polar surface area (TPSA) is 63.6 Å². The normalized spacial score (nSPS) is 13.1. The average Bonchev–Trinajstić information content (AvgIpc) is 3.00. The molecule has 0 saturated heterocycles. The molecular formula is C40H66O4. The van der Waals surface area contributed by atoms with Crippen LogP contribution in [-0.2, 0) is 14.3 Å². The molecule has 0 bridgehead atoms. The molecule has 1 N–H and O–H groups in total. The van der Waals surface area contributed by atoms with Gasteiger partial charge in [-0.05, 0) is 89.5 Å². The van der Waals surface area contributed by atoms with Crippen LogP contribution in [0.1, 0.15) is 162 Å². The van der Waals surface area contributed by atoms with E-state index in [1.807, 2.05) is 6.08 Å². The van der Waals surface area contributed by atoms with Gasteiger partial charge in [-0.2, -0.15) is 0 Å². The lowest BCUT2D eigenvalue weighted by Crippen LogP contribution is -2.16. The molecule has 0 aliphatic rings. The third kappa shape index (κ3) is 33.9. The molecule has 0 aromatic heterocycles. The Morgan fingerprint density at radius 3 is 1.61 bits per heavy atom. The summed E-state index contributed by atoms with van der Waals surface area (Å²) in [5.41, 5.74) is 0. The lowest BCUT2D eigenvalue weighted by atomic mass is 10.1. The summed E-state index contributed by atoms with van der Waals surface area (Å²) in [6.07, 6.45) is 49.2. The number of ether oxygens (including phenoxy) is 1. The maximum atomic E-state index is 12.5. The second-order valence-corrected chi connectivity index (χ2v) is 11.7. The summed E-state index contributed by atoms with van der Waals surface area (Å²) in [6.45, 7) is 4.39. The van der Waals surface area contributed by atoms with E-state index in [0.29, 0.717) is 12.8 Å². The number of allylic oxidation sites excluding steroid dienone is 11. The van der Waals surface area contributed by atoms with Crippen LogP contribution in [0.25, 0.3) is 0 Å². The number of carbonyl (C=O) groups excluding carboxylic acids is 1. The van der Waals surface area contributed by atoms with E-state index in [1.54, 1.807) is 0 Å². The second kappa shape index (κ2) is 34.9. The van der Waals surface area contributed by atoms with E-state index >= 15 is 0 Å². The first-order valence-electron chi connectivity index (χ1n) is 17.9. The summed E-state index contributed by atoms with van der Waals surface area (Å²) in [6, 6.07) is 0. The fourth-order valence-electron chi connectivity index (χ4n) is 4.77. The van der Waals surface area contributed by atoms with Crippen molar-refractivity contribution in [2.24, 2.45) is 0 Å². The Labute approximate surface area is 271 Å². The zero-order chi connectivity index (χ0) is 32.2. The number of rotatable bonds is 31. The zero-order valence-electron chi connectivity index (χ0n) is 28.4. The predicted molar refractivity (Wildman–Crippen MR) is 190 cm³/mol. The van der Waals surface area contributed by atoms with E-state index in [-0.39, 0.29) is 18.5 Å². The van der Waals surface area contributed by atoms with Gasteiger partial charge in [0.05, 0.1) is 0 Å². The van der Waals surface area contributed by atoms with Crippen LogP contribution < -0.4 is 0 Å². The van der Waals surface area contributed by atoms with Gasteiger partial charge in [0, 0.05) is 12.8 Å². The van der Waals surface area contributed by atoms with Gasteiger partial charge in [-0.1, -0.05) is 132 Å². The fourth-order valence-corrected chi connectivity index (χ4v) is 4.77. The van der Waals surface area contributed by atoms with Gasteiger partial charge in [0.2, 0.25) is 0 Å². The van der Waals surface area contributed by atoms with Crippen LogP contribution in [-0.4, -0.2) is 23.1 Å². The Hall–Kier alpha value is -2.62. The van der Waals surface area contributed by atoms with Crippen molar-refractivity contribution in [2.45, 2.75) is 168 Å². The molecule has 0 aliphatic carbocycles. The van der Waals surface area contributed by atoms with Crippen LogP contribution in [0.3, 0.4) is 0 Å². The number of hydrogen-bond donors (Lipinski definition) is 1. The number of unbranched alkanes of at least 4 members (excludes halogenated alkanes) is 12. The molecule has 0 radical (unpaired) electrons. The van der Waals surface area contributed by atoms with Gasteiger partial charge in [-0.25, -0.2) is 0 Å². The highest BCUT2D eigenvalue weighted by atomic mass is 16.5. The van der Waals surface area contributed by atoms with Crippen molar-refractivity contribution >= 4 is 11.9 Å². The number of aliphatic carboxylic acids is 1. The molecule has 0 rings (SSSR count). The molecule has 250 valence electrons. The van der Waals surface area contributed by atoms with Crippen molar-refractivity contribution in [1.82, 2.24) is 0 Å². The summed E-state index contributed by atoms with van der Waals surface area (Å²) in [4.78, 5) is 23.3. The molecule has 0 saturated carbocycles. The molecule has 4 heteroatoms. The van der Waals surface area contributed by atoms with Gasteiger partial charge in [0.15, 0.2) is 0 Å². The Bertz CT molecular complexity index is 830. The summed E-state index contributed by atoms with van der Waals surface area (Å²) >= 11 is 0. The van der Waals surface area contributed by atoms with Crippen molar-refractivity contribution in [3.63, 3.8) is 0 Å². The second-order valence-electron chi connectivity index (χ2n) is 11.7. The molecule has 0 fully saturated rings. The molecule has 0 spiro atoms. The van der Waals surface area contributed by atoms with E-state index < -0.39 is 5.97 Å². The minimum absolute atomic E-state index is 0.120. The molecule has 0 heterocycles. The smallest absolute Gasteiger partial charge is 0.306 e. The van der Waals surface area contributed by atoms with Crippen LogP contribution in [0.5, 0.6) is 0 Å². The highest BCUT2D eigenvalue weighted by molar-refractivity contribution is 5.69. The van der Waals surface area contributed by atoms with Crippen LogP contribution in [0.4, 0.5) is 0 Å². The molecule has 44 heavy (non-hydrogen) atoms. The SMILES string of the molecule is CC/C=C\C/C=C\C/C=C\C/C=C\C(CCCCCC(=O)O)OC(=O)CCCCCCCCC/C=C\C/C=C\CCCCC. The third-order valence-electron chi connectivity index (χ3n) is 7.40. The monoisotopic (exact) mass is 610 g/mol. The summed E-state index contributed by atoms with van der Waals surface area (Å²) in [5, 5.41) is 8.85. The van der Waals surface area contributed by atoms with E-state index in [1.165, 1.54) is 64.2 Å². The largest absolute Gasteiger partial charge is 0.481 e.